The van der Waals surface area contributed by atoms with Gasteiger partial charge in [-0.25, -0.2) is 24.0 Å². The van der Waals surface area contributed by atoms with Crippen LogP contribution in [-0.4, -0.2) is 62.7 Å². The van der Waals surface area contributed by atoms with Crippen LogP contribution in [0, 0.1) is 0 Å². The minimum absolute atomic E-state index is 0.215. The lowest BCUT2D eigenvalue weighted by molar-refractivity contribution is -0.137. The Morgan fingerprint density at radius 3 is 1.16 bits per heavy atom. The van der Waals surface area contributed by atoms with Crippen molar-refractivity contribution in [3.8, 4) is 11.5 Å². The number of hydrogen-bond acceptors (Lipinski definition) is 12. The Morgan fingerprint density at radius 2 is 0.800 bits per heavy atom. The van der Waals surface area contributed by atoms with Crippen LogP contribution in [0.25, 0.3) is 0 Å². The van der Waals surface area contributed by atoms with Gasteiger partial charge in [0, 0.05) is 6.08 Å². The first-order valence-electron chi connectivity index (χ1n) is 16.2. The van der Waals surface area contributed by atoms with E-state index < -0.39 is 29.8 Å². The zero-order valence-electron chi connectivity index (χ0n) is 27.7. The SMILES string of the molecule is C=CC(=O)OCCCCCCOC(=O)c1ccc(C(=O)Oc2ccc(OC(=O)c3ccc(C(=O)OCCCCCCOC=O)cc3)cc2)cc1. The molecule has 0 aliphatic heterocycles. The van der Waals surface area contributed by atoms with E-state index in [0.717, 1.165) is 38.2 Å². The van der Waals surface area contributed by atoms with Gasteiger partial charge in [-0.15, -0.1) is 0 Å². The largest absolute Gasteiger partial charge is 0.468 e. The van der Waals surface area contributed by atoms with E-state index >= 15 is 0 Å². The Morgan fingerprint density at radius 1 is 0.460 bits per heavy atom. The van der Waals surface area contributed by atoms with Gasteiger partial charge < -0.3 is 28.4 Å². The van der Waals surface area contributed by atoms with Crippen molar-refractivity contribution in [2.24, 2.45) is 0 Å². The summed E-state index contributed by atoms with van der Waals surface area (Å²) in [6.45, 7) is 4.96. The molecule has 3 rings (SSSR count). The lowest BCUT2D eigenvalue weighted by Crippen LogP contribution is -2.11. The third-order valence-corrected chi connectivity index (χ3v) is 7.10. The van der Waals surface area contributed by atoms with Crippen LogP contribution in [0.3, 0.4) is 0 Å². The van der Waals surface area contributed by atoms with E-state index in [2.05, 4.69) is 11.3 Å². The summed E-state index contributed by atoms with van der Waals surface area (Å²) in [6.07, 6.45) is 7.27. The van der Waals surface area contributed by atoms with Crippen LogP contribution >= 0.6 is 0 Å². The Hall–Kier alpha value is -5.78. The first kappa shape index (κ1) is 38.7. The Labute approximate surface area is 290 Å². The fourth-order valence-corrected chi connectivity index (χ4v) is 4.37. The van der Waals surface area contributed by atoms with Crippen molar-refractivity contribution in [2.75, 3.05) is 26.4 Å². The van der Waals surface area contributed by atoms with Crippen molar-refractivity contribution in [1.29, 1.82) is 0 Å². The van der Waals surface area contributed by atoms with Crippen LogP contribution in [0.5, 0.6) is 11.5 Å². The molecule has 0 bridgehead atoms. The molecule has 0 radical (unpaired) electrons. The quantitative estimate of drug-likeness (QED) is 0.0284. The first-order chi connectivity index (χ1) is 24.3. The summed E-state index contributed by atoms with van der Waals surface area (Å²) < 4.78 is 30.9. The van der Waals surface area contributed by atoms with Crippen LogP contribution in [0.2, 0.25) is 0 Å². The van der Waals surface area contributed by atoms with Crippen molar-refractivity contribution < 1.29 is 57.2 Å². The van der Waals surface area contributed by atoms with Crippen molar-refractivity contribution in [1.82, 2.24) is 0 Å². The van der Waals surface area contributed by atoms with E-state index in [1.165, 1.54) is 72.8 Å². The minimum Gasteiger partial charge on any atom is -0.468 e. The average Bonchev–Trinajstić information content (AvgIpc) is 3.14. The average molecular weight is 689 g/mol. The highest BCUT2D eigenvalue weighted by Gasteiger charge is 2.14. The Bertz CT molecular complexity index is 1560. The monoisotopic (exact) mass is 688 g/mol. The molecule has 3 aromatic rings. The lowest BCUT2D eigenvalue weighted by Gasteiger charge is -2.08. The van der Waals surface area contributed by atoms with Gasteiger partial charge in [0.1, 0.15) is 11.5 Å². The normalized spacial score (nSPS) is 10.3. The molecule has 264 valence electrons. The molecule has 0 aliphatic carbocycles. The number of benzene rings is 3. The van der Waals surface area contributed by atoms with Crippen LogP contribution in [0.1, 0.15) is 92.8 Å². The van der Waals surface area contributed by atoms with E-state index in [1.807, 2.05) is 0 Å². The summed E-state index contributed by atoms with van der Waals surface area (Å²) in [6, 6.07) is 17.6. The molecule has 0 N–H and O–H groups in total. The summed E-state index contributed by atoms with van der Waals surface area (Å²) in [7, 11) is 0. The number of esters is 5. The molecule has 0 atom stereocenters. The molecule has 0 fully saturated rings. The van der Waals surface area contributed by atoms with Crippen LogP contribution in [-0.2, 0) is 28.5 Å². The van der Waals surface area contributed by atoms with Crippen LogP contribution < -0.4 is 9.47 Å². The maximum atomic E-state index is 12.6. The number of rotatable bonds is 22. The third kappa shape index (κ3) is 14.1. The fraction of sp³-hybridized carbons (Fsp3) is 0.316. The highest BCUT2D eigenvalue weighted by molar-refractivity contribution is 5.95. The van der Waals surface area contributed by atoms with E-state index in [1.54, 1.807) is 0 Å². The highest BCUT2D eigenvalue weighted by Crippen LogP contribution is 2.20. The molecule has 12 nitrogen and oxygen atoms in total. The van der Waals surface area contributed by atoms with Crippen molar-refractivity contribution >= 4 is 36.3 Å². The number of unbranched alkanes of at least 4 members (excludes halogenated alkanes) is 6. The van der Waals surface area contributed by atoms with Gasteiger partial charge in [0.25, 0.3) is 6.47 Å². The summed E-state index contributed by atoms with van der Waals surface area (Å²) in [5.41, 5.74) is 1.04. The van der Waals surface area contributed by atoms with Gasteiger partial charge >= 0.3 is 29.8 Å². The molecule has 0 aliphatic rings. The second-order valence-corrected chi connectivity index (χ2v) is 10.8. The van der Waals surface area contributed by atoms with E-state index in [-0.39, 0.29) is 35.8 Å². The minimum atomic E-state index is -0.645. The first-order valence-corrected chi connectivity index (χ1v) is 16.2. The van der Waals surface area contributed by atoms with Gasteiger partial charge in [-0.3, -0.25) is 4.79 Å². The standard InChI is InChI=1S/C38H40O12/c1-2-34(40)46-24-8-5-6-10-26-48-36(42)29-13-17-31(18-14-29)38(44)50-33-21-19-32(20-22-33)49-37(43)30-15-11-28(12-16-30)35(41)47-25-9-4-3-7-23-45-27-39/h2,11-22,27H,1,3-10,23-26H2. The molecule has 0 spiro atoms. The van der Waals surface area contributed by atoms with Crippen molar-refractivity contribution in [3.05, 3.63) is 108 Å². The number of hydrogen-bond donors (Lipinski definition) is 0. The fourth-order valence-electron chi connectivity index (χ4n) is 4.37. The Kier molecular flexibility index (Phi) is 17.0. The zero-order valence-corrected chi connectivity index (χ0v) is 27.7. The second kappa shape index (κ2) is 22.0. The van der Waals surface area contributed by atoms with Crippen molar-refractivity contribution in [3.63, 3.8) is 0 Å². The zero-order chi connectivity index (χ0) is 36.0. The molecule has 0 heterocycles. The van der Waals surface area contributed by atoms with E-state index in [4.69, 9.17) is 23.7 Å². The lowest BCUT2D eigenvalue weighted by atomic mass is 10.1. The Balaban J connectivity index is 1.36. The van der Waals surface area contributed by atoms with Crippen LogP contribution in [0.4, 0.5) is 0 Å². The summed E-state index contributed by atoms with van der Waals surface area (Å²) in [5, 5.41) is 0. The number of carbonyl (C=O) groups excluding carboxylic acids is 6. The molecular weight excluding hydrogens is 648 g/mol. The predicted octanol–water partition coefficient (Wildman–Crippen LogP) is 6.46. The summed E-state index contributed by atoms with van der Waals surface area (Å²) in [5.74, 6) is -2.31. The smallest absolute Gasteiger partial charge is 0.343 e. The maximum absolute atomic E-state index is 12.6. The molecule has 0 aromatic heterocycles. The topological polar surface area (TPSA) is 158 Å². The van der Waals surface area contributed by atoms with Gasteiger partial charge in [0.15, 0.2) is 0 Å². The molecule has 12 heteroatoms. The molecule has 0 amide bonds. The summed E-state index contributed by atoms with van der Waals surface area (Å²) >= 11 is 0. The van der Waals surface area contributed by atoms with Gasteiger partial charge in [0.2, 0.25) is 0 Å². The third-order valence-electron chi connectivity index (χ3n) is 7.10. The molecule has 0 unspecified atom stereocenters. The van der Waals surface area contributed by atoms with Crippen molar-refractivity contribution in [2.45, 2.75) is 51.4 Å². The van der Waals surface area contributed by atoms with Gasteiger partial charge in [0.05, 0.1) is 48.7 Å². The number of carbonyl (C=O) groups is 6. The predicted molar refractivity (Wildman–Crippen MR) is 180 cm³/mol. The van der Waals surface area contributed by atoms with E-state index in [9.17, 15) is 28.8 Å². The number of ether oxygens (including phenoxy) is 6. The van der Waals surface area contributed by atoms with Gasteiger partial charge in [-0.1, -0.05) is 6.58 Å². The highest BCUT2D eigenvalue weighted by atomic mass is 16.6. The molecular formula is C38H40O12. The summed E-state index contributed by atoms with van der Waals surface area (Å²) in [4.78, 5) is 70.9. The van der Waals surface area contributed by atoms with E-state index in [0.29, 0.717) is 50.1 Å². The molecule has 0 saturated carbocycles. The molecule has 50 heavy (non-hydrogen) atoms. The molecule has 3 aromatic carbocycles. The second-order valence-electron chi connectivity index (χ2n) is 10.8. The maximum Gasteiger partial charge on any atom is 0.343 e. The molecule has 0 saturated heterocycles. The van der Waals surface area contributed by atoms with Gasteiger partial charge in [-0.2, -0.15) is 0 Å². The van der Waals surface area contributed by atoms with Crippen LogP contribution in [0.15, 0.2) is 85.5 Å². The van der Waals surface area contributed by atoms with Gasteiger partial charge in [-0.05, 0) is 124 Å².